The number of anilines is 2. The highest BCUT2D eigenvalue weighted by Gasteiger charge is 2.12. The SMILES string of the molecule is Cc1cc(CNc2ncc(N)cc2C(=O)O)cc(C)c1F. The summed E-state index contributed by atoms with van der Waals surface area (Å²) >= 11 is 0. The Morgan fingerprint density at radius 2 is 1.95 bits per heavy atom. The molecule has 0 amide bonds. The molecule has 21 heavy (non-hydrogen) atoms. The fraction of sp³-hybridized carbons (Fsp3) is 0.200. The average molecular weight is 289 g/mol. The van der Waals surface area contributed by atoms with Gasteiger partial charge in [0.15, 0.2) is 0 Å². The van der Waals surface area contributed by atoms with E-state index in [1.807, 2.05) is 0 Å². The standard InChI is InChI=1S/C15H16FN3O2/c1-8-3-10(4-9(2)13(8)16)6-18-14-12(15(20)21)5-11(17)7-19-14/h3-5,7H,6,17H2,1-2H3,(H,18,19)(H,20,21). The first kappa shape index (κ1) is 14.8. The van der Waals surface area contributed by atoms with Gasteiger partial charge in [0.25, 0.3) is 0 Å². The maximum Gasteiger partial charge on any atom is 0.339 e. The lowest BCUT2D eigenvalue weighted by Gasteiger charge is -2.11. The molecule has 110 valence electrons. The highest BCUT2D eigenvalue weighted by molar-refractivity contribution is 5.94. The van der Waals surface area contributed by atoms with Gasteiger partial charge in [-0.25, -0.2) is 14.2 Å². The second kappa shape index (κ2) is 5.78. The predicted octanol–water partition coefficient (Wildman–Crippen LogP) is 2.73. The molecule has 6 heteroatoms. The number of hydrogen-bond acceptors (Lipinski definition) is 4. The lowest BCUT2D eigenvalue weighted by molar-refractivity contribution is 0.0697. The Hall–Kier alpha value is -2.63. The molecule has 0 saturated carbocycles. The number of pyridine rings is 1. The Kier molecular flexibility index (Phi) is 4.07. The molecule has 0 bridgehead atoms. The minimum absolute atomic E-state index is 0.00514. The molecule has 0 aliphatic rings. The molecule has 2 rings (SSSR count). The van der Waals surface area contributed by atoms with Gasteiger partial charge in [-0.05, 0) is 36.6 Å². The number of nitrogens with one attached hydrogen (secondary N) is 1. The minimum Gasteiger partial charge on any atom is -0.478 e. The molecule has 2 aromatic rings. The van der Waals surface area contributed by atoms with Crippen LogP contribution in [0.4, 0.5) is 15.9 Å². The number of nitrogens with two attached hydrogens (primary N) is 1. The first-order valence-electron chi connectivity index (χ1n) is 6.37. The van der Waals surface area contributed by atoms with Crippen LogP contribution in [-0.2, 0) is 6.54 Å². The number of rotatable bonds is 4. The number of aromatic carboxylic acids is 1. The molecule has 1 aromatic heterocycles. The summed E-state index contributed by atoms with van der Waals surface area (Å²) in [6.45, 7) is 3.73. The quantitative estimate of drug-likeness (QED) is 0.805. The zero-order valence-electron chi connectivity index (χ0n) is 11.8. The summed E-state index contributed by atoms with van der Waals surface area (Å²) in [7, 11) is 0. The van der Waals surface area contributed by atoms with Gasteiger partial charge < -0.3 is 16.2 Å². The molecule has 0 unspecified atom stereocenters. The van der Waals surface area contributed by atoms with Crippen molar-refractivity contribution >= 4 is 17.5 Å². The van der Waals surface area contributed by atoms with Crippen LogP contribution in [0.1, 0.15) is 27.0 Å². The fourth-order valence-corrected chi connectivity index (χ4v) is 2.11. The van der Waals surface area contributed by atoms with Gasteiger partial charge in [-0.15, -0.1) is 0 Å². The van der Waals surface area contributed by atoms with Crippen LogP contribution in [0.25, 0.3) is 0 Å². The number of carboxylic acid groups (broad SMARTS) is 1. The number of benzene rings is 1. The van der Waals surface area contributed by atoms with Crippen LogP contribution in [0, 0.1) is 19.7 Å². The van der Waals surface area contributed by atoms with E-state index in [0.717, 1.165) is 5.56 Å². The molecule has 0 fully saturated rings. The molecule has 0 aliphatic carbocycles. The number of halogens is 1. The van der Waals surface area contributed by atoms with E-state index in [-0.39, 0.29) is 22.9 Å². The van der Waals surface area contributed by atoms with E-state index in [4.69, 9.17) is 10.8 Å². The molecule has 1 heterocycles. The van der Waals surface area contributed by atoms with Crippen molar-refractivity contribution < 1.29 is 14.3 Å². The van der Waals surface area contributed by atoms with Crippen molar-refractivity contribution in [2.24, 2.45) is 0 Å². The van der Waals surface area contributed by atoms with Gasteiger partial charge in [-0.3, -0.25) is 0 Å². The van der Waals surface area contributed by atoms with Crippen molar-refractivity contribution in [1.82, 2.24) is 4.98 Å². The zero-order valence-corrected chi connectivity index (χ0v) is 11.8. The summed E-state index contributed by atoms with van der Waals surface area (Å²) in [5, 5.41) is 12.1. The summed E-state index contributed by atoms with van der Waals surface area (Å²) in [6.07, 6.45) is 1.38. The van der Waals surface area contributed by atoms with Crippen LogP contribution in [-0.4, -0.2) is 16.1 Å². The van der Waals surface area contributed by atoms with E-state index in [1.165, 1.54) is 12.3 Å². The van der Waals surface area contributed by atoms with Crippen LogP contribution in [0.5, 0.6) is 0 Å². The van der Waals surface area contributed by atoms with E-state index < -0.39 is 5.97 Å². The van der Waals surface area contributed by atoms with Crippen molar-refractivity contribution in [2.75, 3.05) is 11.1 Å². The third kappa shape index (κ3) is 3.28. The molecule has 0 radical (unpaired) electrons. The second-order valence-electron chi connectivity index (χ2n) is 4.87. The lowest BCUT2D eigenvalue weighted by Crippen LogP contribution is -2.09. The van der Waals surface area contributed by atoms with Gasteiger partial charge in [0.2, 0.25) is 0 Å². The summed E-state index contributed by atoms with van der Waals surface area (Å²) in [6, 6.07) is 4.78. The van der Waals surface area contributed by atoms with Crippen molar-refractivity contribution in [2.45, 2.75) is 20.4 Å². The zero-order chi connectivity index (χ0) is 15.6. The third-order valence-electron chi connectivity index (χ3n) is 3.10. The number of hydrogen-bond donors (Lipinski definition) is 3. The molecular formula is C15H16FN3O2. The topological polar surface area (TPSA) is 88.2 Å². The highest BCUT2D eigenvalue weighted by atomic mass is 19.1. The maximum absolute atomic E-state index is 13.6. The Morgan fingerprint density at radius 1 is 1.33 bits per heavy atom. The molecule has 0 saturated heterocycles. The molecule has 1 aromatic carbocycles. The first-order valence-corrected chi connectivity index (χ1v) is 6.37. The van der Waals surface area contributed by atoms with Crippen molar-refractivity contribution in [3.8, 4) is 0 Å². The van der Waals surface area contributed by atoms with Crippen molar-refractivity contribution in [3.05, 3.63) is 52.5 Å². The Morgan fingerprint density at radius 3 is 2.52 bits per heavy atom. The Balaban J connectivity index is 2.22. The molecule has 0 spiro atoms. The number of carboxylic acids is 1. The molecule has 0 atom stereocenters. The summed E-state index contributed by atoms with van der Waals surface area (Å²) < 4.78 is 13.6. The van der Waals surface area contributed by atoms with Gasteiger partial charge >= 0.3 is 5.97 Å². The largest absolute Gasteiger partial charge is 0.478 e. The van der Waals surface area contributed by atoms with Crippen LogP contribution < -0.4 is 11.1 Å². The monoisotopic (exact) mass is 289 g/mol. The van der Waals surface area contributed by atoms with Gasteiger partial charge in [0, 0.05) is 6.54 Å². The lowest BCUT2D eigenvalue weighted by atomic mass is 10.1. The third-order valence-corrected chi connectivity index (χ3v) is 3.10. The predicted molar refractivity (Wildman–Crippen MR) is 78.8 cm³/mol. The van der Waals surface area contributed by atoms with E-state index in [1.54, 1.807) is 26.0 Å². The normalized spacial score (nSPS) is 10.4. The molecule has 5 nitrogen and oxygen atoms in total. The highest BCUT2D eigenvalue weighted by Crippen LogP contribution is 2.19. The minimum atomic E-state index is -1.11. The van der Waals surface area contributed by atoms with Gasteiger partial charge in [-0.2, -0.15) is 0 Å². The average Bonchev–Trinajstić information content (AvgIpc) is 2.43. The molecule has 4 N–H and O–H groups in total. The molecular weight excluding hydrogens is 273 g/mol. The van der Waals surface area contributed by atoms with Crippen molar-refractivity contribution in [1.29, 1.82) is 0 Å². The first-order chi connectivity index (χ1) is 9.88. The van der Waals surface area contributed by atoms with E-state index in [0.29, 0.717) is 17.7 Å². The number of nitrogens with zero attached hydrogens (tertiary/aromatic N) is 1. The van der Waals surface area contributed by atoms with Crippen LogP contribution in [0.2, 0.25) is 0 Å². The second-order valence-corrected chi connectivity index (χ2v) is 4.87. The fourth-order valence-electron chi connectivity index (χ4n) is 2.11. The summed E-state index contributed by atoms with van der Waals surface area (Å²) in [4.78, 5) is 15.1. The van der Waals surface area contributed by atoms with Crippen LogP contribution >= 0.6 is 0 Å². The number of aromatic nitrogens is 1. The summed E-state index contributed by atoms with van der Waals surface area (Å²) in [5.74, 6) is -1.10. The van der Waals surface area contributed by atoms with Gasteiger partial charge in [0.05, 0.1) is 11.9 Å². The Bertz CT molecular complexity index is 678. The van der Waals surface area contributed by atoms with Gasteiger partial charge in [-0.1, -0.05) is 12.1 Å². The van der Waals surface area contributed by atoms with E-state index >= 15 is 0 Å². The van der Waals surface area contributed by atoms with Gasteiger partial charge in [0.1, 0.15) is 17.2 Å². The number of aryl methyl sites for hydroxylation is 2. The van der Waals surface area contributed by atoms with Crippen LogP contribution in [0.3, 0.4) is 0 Å². The van der Waals surface area contributed by atoms with E-state index in [2.05, 4.69) is 10.3 Å². The number of nitrogen functional groups attached to an aromatic ring is 1. The maximum atomic E-state index is 13.6. The Labute approximate surface area is 121 Å². The van der Waals surface area contributed by atoms with Crippen molar-refractivity contribution in [3.63, 3.8) is 0 Å². The smallest absolute Gasteiger partial charge is 0.339 e. The summed E-state index contributed by atoms with van der Waals surface area (Å²) in [5.41, 5.74) is 7.77. The number of carbonyl (C=O) groups is 1. The van der Waals surface area contributed by atoms with Crippen LogP contribution in [0.15, 0.2) is 24.4 Å². The molecule has 0 aliphatic heterocycles. The van der Waals surface area contributed by atoms with E-state index in [9.17, 15) is 9.18 Å².